The third-order valence-electron chi connectivity index (χ3n) is 2.93. The quantitative estimate of drug-likeness (QED) is 0.723. The maximum atomic E-state index is 11.9. The van der Waals surface area contributed by atoms with E-state index in [4.69, 9.17) is 5.26 Å². The van der Waals surface area contributed by atoms with Crippen LogP contribution in [0.15, 0.2) is 0 Å². The van der Waals surface area contributed by atoms with Gasteiger partial charge in [0.1, 0.15) is 5.25 Å². The summed E-state index contributed by atoms with van der Waals surface area (Å²) in [6, 6.07) is 1.90. The monoisotopic (exact) mass is 215 g/mol. The van der Waals surface area contributed by atoms with Crippen LogP contribution < -0.4 is 0 Å². The molecule has 0 bridgehead atoms. The largest absolute Gasteiger partial charge is 0.227 e. The maximum absolute atomic E-state index is 11.9. The minimum Gasteiger partial charge on any atom is -0.227 e. The summed E-state index contributed by atoms with van der Waals surface area (Å²) in [4.78, 5) is 0. The lowest BCUT2D eigenvalue weighted by Gasteiger charge is -2.23. The Labute approximate surface area is 86.0 Å². The molecule has 0 N–H and O–H groups in total. The topological polar surface area (TPSA) is 57.9 Å². The van der Waals surface area contributed by atoms with Gasteiger partial charge in [-0.2, -0.15) is 5.26 Å². The lowest BCUT2D eigenvalue weighted by atomic mass is 10.0. The maximum Gasteiger partial charge on any atom is 0.169 e. The van der Waals surface area contributed by atoms with Crippen LogP contribution in [0.25, 0.3) is 0 Å². The highest BCUT2D eigenvalue weighted by atomic mass is 32.2. The first-order chi connectivity index (χ1) is 6.62. The van der Waals surface area contributed by atoms with Gasteiger partial charge in [-0.25, -0.2) is 8.42 Å². The summed E-state index contributed by atoms with van der Waals surface area (Å²) in [5, 5.41) is 7.73. The molecule has 0 spiro atoms. The van der Waals surface area contributed by atoms with E-state index in [1.54, 1.807) is 6.92 Å². The van der Waals surface area contributed by atoms with Gasteiger partial charge in [-0.3, -0.25) is 0 Å². The second kappa shape index (κ2) is 4.79. The van der Waals surface area contributed by atoms with Gasteiger partial charge in [0.2, 0.25) is 0 Å². The lowest BCUT2D eigenvalue weighted by molar-refractivity contribution is 0.480. The van der Waals surface area contributed by atoms with Crippen molar-refractivity contribution in [2.24, 2.45) is 0 Å². The Hall–Kier alpha value is -0.560. The van der Waals surface area contributed by atoms with Crippen molar-refractivity contribution < 1.29 is 8.42 Å². The molecule has 3 nitrogen and oxygen atoms in total. The Bertz CT molecular complexity index is 310. The van der Waals surface area contributed by atoms with Gasteiger partial charge in [0.15, 0.2) is 9.84 Å². The number of nitrogens with zero attached hydrogens (tertiary/aromatic N) is 1. The molecule has 1 atom stereocenters. The Morgan fingerprint density at radius 3 is 2.36 bits per heavy atom. The van der Waals surface area contributed by atoms with E-state index in [-0.39, 0.29) is 5.25 Å². The Morgan fingerprint density at radius 1 is 1.36 bits per heavy atom. The molecule has 1 saturated carbocycles. The molecule has 14 heavy (non-hydrogen) atoms. The van der Waals surface area contributed by atoms with E-state index in [2.05, 4.69) is 0 Å². The van der Waals surface area contributed by atoms with Crippen LogP contribution in [0.4, 0.5) is 0 Å². The minimum atomic E-state index is -3.19. The van der Waals surface area contributed by atoms with Crippen molar-refractivity contribution in [3.05, 3.63) is 0 Å². The van der Waals surface area contributed by atoms with Gasteiger partial charge >= 0.3 is 0 Å². The van der Waals surface area contributed by atoms with E-state index in [9.17, 15) is 8.42 Å². The van der Waals surface area contributed by atoms with Crippen molar-refractivity contribution in [3.63, 3.8) is 0 Å². The molecule has 0 amide bonds. The van der Waals surface area contributed by atoms with Crippen molar-refractivity contribution in [2.45, 2.75) is 55.9 Å². The molecular formula is C10H17NO2S. The number of hydrogen-bond acceptors (Lipinski definition) is 3. The first kappa shape index (κ1) is 11.5. The molecule has 0 heterocycles. The number of nitriles is 1. The van der Waals surface area contributed by atoms with Gasteiger partial charge in [0, 0.05) is 0 Å². The second-order valence-corrected chi connectivity index (χ2v) is 6.29. The predicted octanol–water partition coefficient (Wildman–Crippen LogP) is 2.04. The van der Waals surface area contributed by atoms with Crippen LogP contribution in [0.1, 0.15) is 45.4 Å². The fourth-order valence-corrected chi connectivity index (χ4v) is 4.09. The molecule has 0 aromatic carbocycles. The van der Waals surface area contributed by atoms with Crippen LogP contribution in [0.5, 0.6) is 0 Å². The van der Waals surface area contributed by atoms with Crippen LogP contribution in [-0.4, -0.2) is 18.9 Å². The summed E-state index contributed by atoms with van der Waals surface area (Å²) >= 11 is 0. The van der Waals surface area contributed by atoms with E-state index in [1.807, 2.05) is 6.07 Å². The first-order valence-electron chi connectivity index (χ1n) is 5.25. The van der Waals surface area contributed by atoms with E-state index >= 15 is 0 Å². The lowest BCUT2D eigenvalue weighted by Crippen LogP contribution is -2.32. The standard InChI is InChI=1S/C10H17NO2S/c1-2-9(8-11)14(12,13)10-6-4-3-5-7-10/h9-10H,2-7H2,1H3. The SMILES string of the molecule is CCC(C#N)S(=O)(=O)C1CCCCC1. The van der Waals surface area contributed by atoms with Crippen LogP contribution in [0.3, 0.4) is 0 Å². The fraction of sp³-hybridized carbons (Fsp3) is 0.900. The summed E-state index contributed by atoms with van der Waals surface area (Å²) in [6.45, 7) is 1.76. The highest BCUT2D eigenvalue weighted by Gasteiger charge is 2.33. The third-order valence-corrected chi connectivity index (χ3v) is 5.56. The number of sulfone groups is 1. The zero-order chi connectivity index (χ0) is 10.6. The van der Waals surface area contributed by atoms with Crippen LogP contribution in [0.2, 0.25) is 0 Å². The molecule has 1 rings (SSSR count). The number of hydrogen-bond donors (Lipinski definition) is 0. The van der Waals surface area contributed by atoms with Crippen LogP contribution in [-0.2, 0) is 9.84 Å². The summed E-state index contributed by atoms with van der Waals surface area (Å²) in [6.07, 6.45) is 5.03. The van der Waals surface area contributed by atoms with Gasteiger partial charge in [-0.05, 0) is 19.3 Å². The summed E-state index contributed by atoms with van der Waals surface area (Å²) in [5.74, 6) is 0. The zero-order valence-electron chi connectivity index (χ0n) is 8.57. The van der Waals surface area contributed by atoms with Crippen molar-refractivity contribution in [1.82, 2.24) is 0 Å². The fourth-order valence-electron chi connectivity index (χ4n) is 2.02. The molecule has 0 aromatic rings. The Morgan fingerprint density at radius 2 is 1.93 bits per heavy atom. The van der Waals surface area contributed by atoms with Gasteiger partial charge in [0.25, 0.3) is 0 Å². The second-order valence-electron chi connectivity index (χ2n) is 3.88. The average molecular weight is 215 g/mol. The first-order valence-corrected chi connectivity index (χ1v) is 6.86. The van der Waals surface area contributed by atoms with Crippen LogP contribution in [0, 0.1) is 11.3 Å². The molecule has 0 saturated heterocycles. The molecule has 0 radical (unpaired) electrons. The van der Waals surface area contributed by atoms with E-state index in [1.165, 1.54) is 0 Å². The van der Waals surface area contributed by atoms with E-state index < -0.39 is 15.1 Å². The predicted molar refractivity (Wildman–Crippen MR) is 55.5 cm³/mol. The highest BCUT2D eigenvalue weighted by molar-refractivity contribution is 7.92. The highest BCUT2D eigenvalue weighted by Crippen LogP contribution is 2.27. The summed E-state index contributed by atoms with van der Waals surface area (Å²) < 4.78 is 23.9. The molecule has 1 unspecified atom stereocenters. The zero-order valence-corrected chi connectivity index (χ0v) is 9.39. The normalized spacial score (nSPS) is 21.4. The van der Waals surface area contributed by atoms with Crippen LogP contribution >= 0.6 is 0 Å². The molecule has 1 fully saturated rings. The smallest absolute Gasteiger partial charge is 0.169 e. The van der Waals surface area contributed by atoms with Crippen molar-refractivity contribution in [3.8, 4) is 6.07 Å². The molecule has 0 aliphatic heterocycles. The third kappa shape index (κ3) is 2.27. The summed E-state index contributed by atoms with van der Waals surface area (Å²) in [5.41, 5.74) is 0. The van der Waals surface area contributed by atoms with Crippen molar-refractivity contribution in [1.29, 1.82) is 5.26 Å². The molecule has 1 aliphatic carbocycles. The van der Waals surface area contributed by atoms with E-state index in [0.29, 0.717) is 6.42 Å². The van der Waals surface area contributed by atoms with Crippen molar-refractivity contribution in [2.75, 3.05) is 0 Å². The number of rotatable bonds is 3. The Balaban J connectivity index is 2.78. The van der Waals surface area contributed by atoms with Gasteiger partial charge in [-0.15, -0.1) is 0 Å². The average Bonchev–Trinajstić information content (AvgIpc) is 2.20. The summed E-state index contributed by atoms with van der Waals surface area (Å²) in [7, 11) is -3.19. The van der Waals surface area contributed by atoms with Gasteiger partial charge in [-0.1, -0.05) is 26.2 Å². The molecule has 0 aromatic heterocycles. The molecule has 80 valence electrons. The van der Waals surface area contributed by atoms with Gasteiger partial charge < -0.3 is 0 Å². The minimum absolute atomic E-state index is 0.249. The van der Waals surface area contributed by atoms with E-state index in [0.717, 1.165) is 32.1 Å². The van der Waals surface area contributed by atoms with Gasteiger partial charge in [0.05, 0.1) is 11.3 Å². The molecule has 4 heteroatoms. The molecular weight excluding hydrogens is 198 g/mol. The molecule has 1 aliphatic rings. The van der Waals surface area contributed by atoms with Crippen molar-refractivity contribution >= 4 is 9.84 Å². The Kier molecular flexibility index (Phi) is 3.94.